The van der Waals surface area contributed by atoms with Gasteiger partial charge in [0.1, 0.15) is 23.3 Å². The van der Waals surface area contributed by atoms with Gasteiger partial charge in [0.25, 0.3) is 0 Å². The van der Waals surface area contributed by atoms with Gasteiger partial charge in [-0.1, -0.05) is 24.4 Å². The van der Waals surface area contributed by atoms with E-state index < -0.39 is 0 Å². The first-order valence-corrected chi connectivity index (χ1v) is 10.4. The Kier molecular flexibility index (Phi) is 6.03. The molecule has 31 heavy (non-hydrogen) atoms. The lowest BCUT2D eigenvalue weighted by molar-refractivity contribution is 0.367. The van der Waals surface area contributed by atoms with Crippen LogP contribution in [0.4, 0.5) is 11.6 Å². The van der Waals surface area contributed by atoms with Crippen LogP contribution in [0.2, 0.25) is 0 Å². The highest BCUT2D eigenvalue weighted by Crippen LogP contribution is 2.39. The zero-order valence-electron chi connectivity index (χ0n) is 17.9. The Morgan fingerprint density at radius 3 is 2.45 bits per heavy atom. The van der Waals surface area contributed by atoms with Gasteiger partial charge < -0.3 is 19.3 Å². The van der Waals surface area contributed by atoms with Crippen molar-refractivity contribution in [1.82, 2.24) is 15.1 Å². The van der Waals surface area contributed by atoms with Crippen molar-refractivity contribution < 1.29 is 14.0 Å². The normalized spacial score (nSPS) is 14.1. The van der Waals surface area contributed by atoms with E-state index in [0.717, 1.165) is 24.1 Å². The second-order valence-electron chi connectivity index (χ2n) is 7.63. The fraction of sp³-hybridized carbons (Fsp3) is 0.391. The molecule has 1 aliphatic carbocycles. The Morgan fingerprint density at radius 1 is 1.10 bits per heavy atom. The van der Waals surface area contributed by atoms with Gasteiger partial charge >= 0.3 is 0 Å². The Hall–Kier alpha value is -3.60. The van der Waals surface area contributed by atoms with Crippen LogP contribution < -0.4 is 14.8 Å². The monoisotopic (exact) mass is 419 g/mol. The molecule has 0 radical (unpaired) electrons. The minimum absolute atomic E-state index is 0.321. The van der Waals surface area contributed by atoms with E-state index in [1.165, 1.54) is 25.5 Å². The predicted molar refractivity (Wildman–Crippen MR) is 116 cm³/mol. The smallest absolute Gasteiger partial charge is 0.227 e. The number of nitrogens with zero attached hydrogens (tertiary/aromatic N) is 4. The van der Waals surface area contributed by atoms with Gasteiger partial charge in [-0.05, 0) is 19.8 Å². The van der Waals surface area contributed by atoms with Gasteiger partial charge in [-0.15, -0.1) is 0 Å². The largest absolute Gasteiger partial charge is 0.497 e. The minimum atomic E-state index is 0.321. The minimum Gasteiger partial charge on any atom is -0.497 e. The molecule has 8 heteroatoms. The fourth-order valence-electron chi connectivity index (χ4n) is 4.06. The number of aromatic nitrogens is 3. The molecule has 2 heterocycles. The van der Waals surface area contributed by atoms with E-state index in [1.807, 2.05) is 19.1 Å². The van der Waals surface area contributed by atoms with Crippen LogP contribution in [-0.4, -0.2) is 29.3 Å². The summed E-state index contributed by atoms with van der Waals surface area (Å²) in [5.41, 5.74) is 3.33. The number of nitriles is 1. The van der Waals surface area contributed by atoms with E-state index in [-0.39, 0.29) is 0 Å². The number of ether oxygens (including phenoxy) is 2. The maximum Gasteiger partial charge on any atom is 0.227 e. The summed E-state index contributed by atoms with van der Waals surface area (Å²) in [6.07, 6.45) is 7.27. The fourth-order valence-corrected chi connectivity index (χ4v) is 4.06. The lowest BCUT2D eigenvalue weighted by Gasteiger charge is -2.20. The molecule has 1 N–H and O–H groups in total. The summed E-state index contributed by atoms with van der Waals surface area (Å²) >= 11 is 0. The van der Waals surface area contributed by atoms with Crippen LogP contribution >= 0.6 is 0 Å². The summed E-state index contributed by atoms with van der Waals surface area (Å²) in [5, 5.41) is 17.2. The SMILES string of the molecule is COc1cc(Nc2ncc(C#N)c(-c3c(C4CCCCC4)noc3C)n2)cc(OC)c1. The highest BCUT2D eigenvalue weighted by molar-refractivity contribution is 5.72. The lowest BCUT2D eigenvalue weighted by atomic mass is 9.84. The van der Waals surface area contributed by atoms with Gasteiger partial charge in [0.2, 0.25) is 5.95 Å². The molecule has 8 nitrogen and oxygen atoms in total. The van der Waals surface area contributed by atoms with Crippen LogP contribution in [-0.2, 0) is 0 Å². The number of aryl methyl sites for hydroxylation is 1. The second-order valence-corrected chi connectivity index (χ2v) is 7.63. The molecule has 3 aromatic rings. The van der Waals surface area contributed by atoms with Crippen molar-refractivity contribution in [3.05, 3.63) is 41.4 Å². The van der Waals surface area contributed by atoms with Crippen LogP contribution in [0.1, 0.15) is 55.0 Å². The zero-order chi connectivity index (χ0) is 21.8. The summed E-state index contributed by atoms with van der Waals surface area (Å²) in [6, 6.07) is 7.63. The van der Waals surface area contributed by atoms with Gasteiger partial charge in [0.05, 0.1) is 42.9 Å². The van der Waals surface area contributed by atoms with Crippen LogP contribution in [0.3, 0.4) is 0 Å². The third-order valence-corrected chi connectivity index (χ3v) is 5.63. The van der Waals surface area contributed by atoms with E-state index in [9.17, 15) is 5.26 Å². The molecule has 4 rings (SSSR count). The van der Waals surface area contributed by atoms with Crippen molar-refractivity contribution in [2.24, 2.45) is 0 Å². The van der Waals surface area contributed by atoms with E-state index in [1.54, 1.807) is 20.3 Å². The Balaban J connectivity index is 1.73. The van der Waals surface area contributed by atoms with E-state index in [0.29, 0.717) is 46.1 Å². The summed E-state index contributed by atoms with van der Waals surface area (Å²) in [5.74, 6) is 2.63. The van der Waals surface area contributed by atoms with Crippen molar-refractivity contribution in [3.63, 3.8) is 0 Å². The van der Waals surface area contributed by atoms with Crippen molar-refractivity contribution in [2.45, 2.75) is 44.9 Å². The summed E-state index contributed by atoms with van der Waals surface area (Å²) in [7, 11) is 3.19. The first kappa shape index (κ1) is 20.7. The number of anilines is 2. The highest BCUT2D eigenvalue weighted by atomic mass is 16.5. The molecule has 2 aromatic heterocycles. The number of hydrogen-bond acceptors (Lipinski definition) is 8. The molecule has 1 saturated carbocycles. The summed E-state index contributed by atoms with van der Waals surface area (Å²) in [6.45, 7) is 1.86. The van der Waals surface area contributed by atoms with Crippen molar-refractivity contribution >= 4 is 11.6 Å². The van der Waals surface area contributed by atoms with Gasteiger partial charge in [0.15, 0.2) is 0 Å². The molecule has 0 saturated heterocycles. The van der Waals surface area contributed by atoms with E-state index in [4.69, 9.17) is 14.0 Å². The van der Waals surface area contributed by atoms with Crippen LogP contribution in [0.15, 0.2) is 28.9 Å². The predicted octanol–water partition coefficient (Wildman–Crippen LogP) is 5.12. The Bertz CT molecular complexity index is 1090. The summed E-state index contributed by atoms with van der Waals surface area (Å²) < 4.78 is 16.2. The molecule has 160 valence electrons. The first-order valence-electron chi connectivity index (χ1n) is 10.4. The van der Waals surface area contributed by atoms with E-state index in [2.05, 4.69) is 26.5 Å². The molecular formula is C23H25N5O3. The molecule has 0 spiro atoms. The maximum absolute atomic E-state index is 9.69. The highest BCUT2D eigenvalue weighted by Gasteiger charge is 2.27. The first-order chi connectivity index (χ1) is 15.1. The Labute approximate surface area is 181 Å². The van der Waals surface area contributed by atoms with Gasteiger partial charge in [-0.3, -0.25) is 0 Å². The quantitative estimate of drug-likeness (QED) is 0.587. The molecular weight excluding hydrogens is 394 g/mol. The molecule has 0 amide bonds. The molecule has 0 unspecified atom stereocenters. The zero-order valence-corrected chi connectivity index (χ0v) is 17.9. The average molecular weight is 419 g/mol. The standard InChI is InChI=1S/C23H25N5O3/c1-14-20(22(28-31-14)15-7-5-4-6-8-15)21-16(12-24)13-25-23(27-21)26-17-9-18(29-2)11-19(10-17)30-3/h9-11,13,15H,4-8H2,1-3H3,(H,25,26,27). The van der Waals surface area contributed by atoms with Crippen LogP contribution in [0.5, 0.6) is 11.5 Å². The Morgan fingerprint density at radius 2 is 1.81 bits per heavy atom. The van der Waals surface area contributed by atoms with Gasteiger partial charge in [0, 0.05) is 29.8 Å². The van der Waals surface area contributed by atoms with Crippen LogP contribution in [0, 0.1) is 18.3 Å². The maximum atomic E-state index is 9.69. The third-order valence-electron chi connectivity index (χ3n) is 5.63. The molecule has 0 aliphatic heterocycles. The molecule has 0 atom stereocenters. The third kappa shape index (κ3) is 4.31. The molecule has 1 aromatic carbocycles. The molecule has 1 fully saturated rings. The van der Waals surface area contributed by atoms with Crippen molar-refractivity contribution in [3.8, 4) is 28.8 Å². The topological polar surface area (TPSA) is 106 Å². The van der Waals surface area contributed by atoms with Gasteiger partial charge in [-0.25, -0.2) is 9.97 Å². The second kappa shape index (κ2) is 9.04. The number of rotatable bonds is 6. The average Bonchev–Trinajstić information content (AvgIpc) is 3.20. The number of benzene rings is 1. The van der Waals surface area contributed by atoms with Crippen molar-refractivity contribution in [1.29, 1.82) is 5.26 Å². The number of hydrogen-bond donors (Lipinski definition) is 1. The number of methoxy groups -OCH3 is 2. The lowest BCUT2D eigenvalue weighted by Crippen LogP contribution is -2.08. The van der Waals surface area contributed by atoms with Gasteiger partial charge in [-0.2, -0.15) is 5.26 Å². The summed E-state index contributed by atoms with van der Waals surface area (Å²) in [4.78, 5) is 9.00. The number of nitrogens with one attached hydrogen (secondary N) is 1. The molecule has 0 bridgehead atoms. The van der Waals surface area contributed by atoms with Crippen LogP contribution in [0.25, 0.3) is 11.3 Å². The van der Waals surface area contributed by atoms with E-state index >= 15 is 0 Å². The van der Waals surface area contributed by atoms with Crippen molar-refractivity contribution in [2.75, 3.05) is 19.5 Å². The molecule has 1 aliphatic rings.